The van der Waals surface area contributed by atoms with Crippen molar-refractivity contribution in [3.05, 3.63) is 70.8 Å². The van der Waals surface area contributed by atoms with Gasteiger partial charge in [-0.25, -0.2) is 8.42 Å². The number of rotatable bonds is 4. The van der Waals surface area contributed by atoms with Crippen LogP contribution in [0.1, 0.15) is 48.0 Å². The van der Waals surface area contributed by atoms with Crippen LogP contribution < -0.4 is 0 Å². The third-order valence-corrected chi connectivity index (χ3v) is 8.38. The van der Waals surface area contributed by atoms with E-state index in [0.29, 0.717) is 31.7 Å². The predicted molar refractivity (Wildman–Crippen MR) is 124 cm³/mol. The number of hydrogen-bond donors (Lipinski definition) is 0. The highest BCUT2D eigenvalue weighted by Crippen LogP contribution is 2.29. The van der Waals surface area contributed by atoms with Crippen LogP contribution in [0.2, 0.25) is 5.02 Å². The summed E-state index contributed by atoms with van der Waals surface area (Å²) in [6.45, 7) is 2.09. The lowest BCUT2D eigenvalue weighted by Crippen LogP contribution is -2.35. The number of benzene rings is 2. The number of sulfonamides is 1. The molecule has 2 aliphatic rings. The van der Waals surface area contributed by atoms with E-state index in [4.69, 9.17) is 11.6 Å². The number of carbonyl (C=O) groups is 1. The molecule has 0 bridgehead atoms. The molecule has 0 N–H and O–H groups in total. The Bertz CT molecular complexity index is 1080. The van der Waals surface area contributed by atoms with Gasteiger partial charge in [0.05, 0.1) is 5.02 Å². The zero-order valence-corrected chi connectivity index (χ0v) is 19.0. The fourth-order valence-corrected chi connectivity index (χ4v) is 6.22. The molecule has 1 amide bonds. The molecule has 0 saturated carbocycles. The minimum absolute atomic E-state index is 0.0273. The maximum absolute atomic E-state index is 13.2. The van der Waals surface area contributed by atoms with E-state index in [2.05, 4.69) is 18.2 Å². The van der Waals surface area contributed by atoms with E-state index < -0.39 is 10.0 Å². The van der Waals surface area contributed by atoms with Gasteiger partial charge in [-0.05, 0) is 48.6 Å². The normalized spacial score (nSPS) is 18.4. The molecule has 1 saturated heterocycles. The van der Waals surface area contributed by atoms with Crippen molar-refractivity contribution in [3.63, 3.8) is 0 Å². The molecule has 2 aromatic rings. The smallest absolute Gasteiger partial charge is 0.254 e. The van der Waals surface area contributed by atoms with Crippen LogP contribution >= 0.6 is 11.6 Å². The number of hydrogen-bond acceptors (Lipinski definition) is 3. The van der Waals surface area contributed by atoms with Crippen molar-refractivity contribution in [2.24, 2.45) is 0 Å². The highest BCUT2D eigenvalue weighted by Gasteiger charge is 2.29. The predicted octanol–water partition coefficient (Wildman–Crippen LogP) is 4.83. The first kappa shape index (κ1) is 22.1. The second-order valence-corrected chi connectivity index (χ2v) is 10.4. The van der Waals surface area contributed by atoms with E-state index in [0.717, 1.165) is 32.1 Å². The second-order valence-electron chi connectivity index (χ2n) is 8.06. The maximum atomic E-state index is 13.2. The second kappa shape index (κ2) is 9.55. The number of halogens is 1. The third kappa shape index (κ3) is 4.86. The number of carbonyl (C=O) groups excluding carboxylic acids is 1. The van der Waals surface area contributed by atoms with Gasteiger partial charge in [0.1, 0.15) is 4.90 Å². The molecular formula is C24H27ClN2O3S. The SMILES string of the molecule is O=C(c1ccc(Cl)c(S(=O)(=O)N2CCCCCC2)c1)N1CC=C(c2ccccc2)CC1. The molecule has 1 fully saturated rings. The van der Waals surface area contributed by atoms with Crippen LogP contribution in [-0.2, 0) is 10.0 Å². The molecule has 31 heavy (non-hydrogen) atoms. The average molecular weight is 459 g/mol. The van der Waals surface area contributed by atoms with Gasteiger partial charge in [0, 0.05) is 31.7 Å². The summed E-state index contributed by atoms with van der Waals surface area (Å²) in [6.07, 6.45) is 6.60. The molecule has 4 rings (SSSR count). The van der Waals surface area contributed by atoms with Crippen molar-refractivity contribution in [1.29, 1.82) is 0 Å². The van der Waals surface area contributed by atoms with Crippen molar-refractivity contribution < 1.29 is 13.2 Å². The lowest BCUT2D eigenvalue weighted by atomic mass is 9.99. The molecule has 2 aromatic carbocycles. The molecule has 0 radical (unpaired) electrons. The highest BCUT2D eigenvalue weighted by molar-refractivity contribution is 7.89. The van der Waals surface area contributed by atoms with E-state index >= 15 is 0 Å². The molecular weight excluding hydrogens is 432 g/mol. The monoisotopic (exact) mass is 458 g/mol. The first-order valence-electron chi connectivity index (χ1n) is 10.8. The topological polar surface area (TPSA) is 57.7 Å². The van der Waals surface area contributed by atoms with Gasteiger partial charge in [-0.1, -0.05) is 60.9 Å². The van der Waals surface area contributed by atoms with Crippen molar-refractivity contribution in [3.8, 4) is 0 Å². The van der Waals surface area contributed by atoms with Gasteiger partial charge >= 0.3 is 0 Å². The summed E-state index contributed by atoms with van der Waals surface area (Å²) < 4.78 is 27.9. The molecule has 0 aromatic heterocycles. The Labute approximate surface area is 189 Å². The fraction of sp³-hybridized carbons (Fsp3) is 0.375. The van der Waals surface area contributed by atoms with E-state index in [1.807, 2.05) is 18.2 Å². The van der Waals surface area contributed by atoms with Crippen molar-refractivity contribution in [2.45, 2.75) is 37.0 Å². The van der Waals surface area contributed by atoms with Crippen LogP contribution in [0.15, 0.2) is 59.5 Å². The first-order valence-corrected chi connectivity index (χ1v) is 12.6. The van der Waals surface area contributed by atoms with E-state index in [1.54, 1.807) is 11.0 Å². The molecule has 0 aliphatic carbocycles. The zero-order valence-electron chi connectivity index (χ0n) is 17.5. The van der Waals surface area contributed by atoms with Crippen LogP contribution in [0.4, 0.5) is 0 Å². The lowest BCUT2D eigenvalue weighted by Gasteiger charge is -2.27. The third-order valence-electron chi connectivity index (χ3n) is 6.00. The number of nitrogens with zero attached hydrogens (tertiary/aromatic N) is 2. The minimum Gasteiger partial charge on any atom is -0.335 e. The highest BCUT2D eigenvalue weighted by atomic mass is 35.5. The molecule has 164 valence electrons. The van der Waals surface area contributed by atoms with Crippen LogP contribution in [0.3, 0.4) is 0 Å². The molecule has 5 nitrogen and oxygen atoms in total. The van der Waals surface area contributed by atoms with E-state index in [-0.39, 0.29) is 15.8 Å². The van der Waals surface area contributed by atoms with Gasteiger partial charge in [0.2, 0.25) is 10.0 Å². The molecule has 2 heterocycles. The number of amides is 1. The summed E-state index contributed by atoms with van der Waals surface area (Å²) in [6, 6.07) is 14.7. The van der Waals surface area contributed by atoms with Crippen LogP contribution in [0.5, 0.6) is 0 Å². The zero-order chi connectivity index (χ0) is 21.8. The Morgan fingerprint density at radius 2 is 1.61 bits per heavy atom. The van der Waals surface area contributed by atoms with Gasteiger partial charge < -0.3 is 4.90 Å². The molecule has 0 spiro atoms. The van der Waals surface area contributed by atoms with Gasteiger partial charge in [0.15, 0.2) is 0 Å². The first-order chi connectivity index (χ1) is 15.0. The summed E-state index contributed by atoms with van der Waals surface area (Å²) in [5.74, 6) is -0.174. The molecule has 0 unspecified atom stereocenters. The Hall–Kier alpha value is -2.15. The molecule has 0 atom stereocenters. The quantitative estimate of drug-likeness (QED) is 0.659. The van der Waals surface area contributed by atoms with Crippen molar-refractivity contribution in [2.75, 3.05) is 26.2 Å². The van der Waals surface area contributed by atoms with E-state index in [9.17, 15) is 13.2 Å². The molecule has 7 heteroatoms. The summed E-state index contributed by atoms with van der Waals surface area (Å²) in [5, 5.41) is 0.158. The summed E-state index contributed by atoms with van der Waals surface area (Å²) >= 11 is 6.28. The van der Waals surface area contributed by atoms with E-state index in [1.165, 1.54) is 27.6 Å². The summed E-state index contributed by atoms with van der Waals surface area (Å²) in [5.41, 5.74) is 2.76. The Balaban J connectivity index is 1.54. The van der Waals surface area contributed by atoms with Gasteiger partial charge in [-0.3, -0.25) is 4.79 Å². The standard InChI is InChI=1S/C24H27ClN2O3S/c25-22-11-10-21(18-23(22)31(29,30)27-14-6-1-2-7-15-27)24(28)26-16-12-20(13-17-26)19-8-4-3-5-9-19/h3-5,8-12,18H,1-2,6-7,13-17H2. The minimum atomic E-state index is -3.73. The summed E-state index contributed by atoms with van der Waals surface area (Å²) in [4.78, 5) is 14.9. The maximum Gasteiger partial charge on any atom is 0.254 e. The van der Waals surface area contributed by atoms with Gasteiger partial charge in [0.25, 0.3) is 5.91 Å². The van der Waals surface area contributed by atoms with Crippen LogP contribution in [0.25, 0.3) is 5.57 Å². The van der Waals surface area contributed by atoms with Crippen molar-refractivity contribution >= 4 is 33.1 Å². The Kier molecular flexibility index (Phi) is 6.80. The average Bonchev–Trinajstić information content (AvgIpc) is 3.10. The Morgan fingerprint density at radius 3 is 2.26 bits per heavy atom. The summed E-state index contributed by atoms with van der Waals surface area (Å²) in [7, 11) is -3.73. The van der Waals surface area contributed by atoms with Gasteiger partial charge in [-0.2, -0.15) is 4.31 Å². The van der Waals surface area contributed by atoms with Crippen LogP contribution in [0, 0.1) is 0 Å². The molecule has 2 aliphatic heterocycles. The Morgan fingerprint density at radius 1 is 0.903 bits per heavy atom. The van der Waals surface area contributed by atoms with Crippen LogP contribution in [-0.4, -0.2) is 49.7 Å². The largest absolute Gasteiger partial charge is 0.335 e. The van der Waals surface area contributed by atoms with Gasteiger partial charge in [-0.15, -0.1) is 0 Å². The fourth-order valence-electron chi connectivity index (χ4n) is 4.21. The lowest BCUT2D eigenvalue weighted by molar-refractivity contribution is 0.0772. The van der Waals surface area contributed by atoms with Crippen molar-refractivity contribution in [1.82, 2.24) is 9.21 Å².